The molecule has 0 aliphatic rings. The molecule has 0 atom stereocenters. The van der Waals surface area contributed by atoms with Gasteiger partial charge >= 0.3 is 11.9 Å². The van der Waals surface area contributed by atoms with Crippen LogP contribution in [0.2, 0.25) is 0 Å². The Morgan fingerprint density at radius 2 is 1.89 bits per heavy atom. The van der Waals surface area contributed by atoms with Gasteiger partial charge in [0.25, 0.3) is 0 Å². The number of hydrogen-bond donors (Lipinski definition) is 0. The van der Waals surface area contributed by atoms with Crippen LogP contribution in [-0.4, -0.2) is 11.9 Å². The first-order chi connectivity index (χ1) is 8.63. The molecule has 0 fully saturated rings. The van der Waals surface area contributed by atoms with E-state index in [1.54, 1.807) is 19.1 Å². The second kappa shape index (κ2) is 7.01. The molecule has 1 aromatic carbocycles. The molecule has 3 heteroatoms. The molecule has 92 valence electrons. The van der Waals surface area contributed by atoms with E-state index in [1.165, 1.54) is 0 Å². The number of rotatable bonds is 4. The van der Waals surface area contributed by atoms with Crippen molar-refractivity contribution in [2.45, 2.75) is 6.92 Å². The average molecular weight is 242 g/mol. The van der Waals surface area contributed by atoms with Gasteiger partial charge in [-0.3, -0.25) is 0 Å². The van der Waals surface area contributed by atoms with Gasteiger partial charge in [0.15, 0.2) is 0 Å². The maximum absolute atomic E-state index is 11.4. The van der Waals surface area contributed by atoms with Gasteiger partial charge in [-0.1, -0.05) is 55.1 Å². The van der Waals surface area contributed by atoms with Crippen LogP contribution in [-0.2, 0) is 14.3 Å². The minimum atomic E-state index is -0.750. The Morgan fingerprint density at radius 3 is 2.50 bits per heavy atom. The molecular weight excluding hydrogens is 228 g/mol. The van der Waals surface area contributed by atoms with E-state index in [1.807, 2.05) is 36.4 Å². The predicted molar refractivity (Wildman–Crippen MR) is 70.5 cm³/mol. The van der Waals surface area contributed by atoms with Crippen LogP contribution in [0.4, 0.5) is 0 Å². The lowest BCUT2D eigenvalue weighted by atomic mass is 10.2. The van der Waals surface area contributed by atoms with Gasteiger partial charge in [0.2, 0.25) is 0 Å². The maximum atomic E-state index is 11.4. The van der Waals surface area contributed by atoms with Crippen molar-refractivity contribution in [3.63, 3.8) is 0 Å². The van der Waals surface area contributed by atoms with E-state index in [2.05, 4.69) is 11.3 Å². The summed E-state index contributed by atoms with van der Waals surface area (Å²) in [6, 6.07) is 9.66. The van der Waals surface area contributed by atoms with Crippen molar-refractivity contribution < 1.29 is 14.3 Å². The zero-order valence-corrected chi connectivity index (χ0v) is 10.1. The Morgan fingerprint density at radius 1 is 1.22 bits per heavy atom. The Balaban J connectivity index is 2.61. The summed E-state index contributed by atoms with van der Waals surface area (Å²) >= 11 is 0. The van der Waals surface area contributed by atoms with Gasteiger partial charge in [-0.05, 0) is 12.5 Å². The Bertz CT molecular complexity index is 496. The largest absolute Gasteiger partial charge is 0.386 e. The molecule has 1 aromatic rings. The van der Waals surface area contributed by atoms with Crippen LogP contribution in [0.1, 0.15) is 12.5 Å². The molecular formula is C15H14O3. The van der Waals surface area contributed by atoms with Gasteiger partial charge < -0.3 is 4.74 Å². The lowest BCUT2D eigenvalue weighted by molar-refractivity contribution is -0.153. The molecule has 0 saturated heterocycles. The average Bonchev–Trinajstić information content (AvgIpc) is 2.39. The summed E-state index contributed by atoms with van der Waals surface area (Å²) in [6.07, 6.45) is 6.12. The highest BCUT2D eigenvalue weighted by Crippen LogP contribution is 2.03. The molecule has 0 bridgehead atoms. The van der Waals surface area contributed by atoms with Gasteiger partial charge in [0, 0.05) is 11.6 Å². The molecule has 0 aliphatic carbocycles. The molecule has 0 N–H and O–H groups in total. The molecule has 0 heterocycles. The Kier molecular flexibility index (Phi) is 5.32. The fourth-order valence-corrected chi connectivity index (χ4v) is 1.15. The van der Waals surface area contributed by atoms with Crippen LogP contribution < -0.4 is 0 Å². The Labute approximate surface area is 106 Å². The van der Waals surface area contributed by atoms with Crippen molar-refractivity contribution in [3.8, 4) is 0 Å². The molecule has 0 radical (unpaired) electrons. The summed E-state index contributed by atoms with van der Waals surface area (Å²) in [7, 11) is 0. The van der Waals surface area contributed by atoms with Crippen molar-refractivity contribution in [2.24, 2.45) is 0 Å². The van der Waals surface area contributed by atoms with Crippen LogP contribution in [0.3, 0.4) is 0 Å². The lowest BCUT2D eigenvalue weighted by Gasteiger charge is -1.98. The predicted octanol–water partition coefficient (Wildman–Crippen LogP) is 2.90. The zero-order chi connectivity index (χ0) is 13.4. The first-order valence-corrected chi connectivity index (χ1v) is 5.42. The third kappa shape index (κ3) is 4.61. The zero-order valence-electron chi connectivity index (χ0n) is 10.1. The summed E-state index contributed by atoms with van der Waals surface area (Å²) in [6.45, 7) is 4.79. The minimum Gasteiger partial charge on any atom is -0.386 e. The first kappa shape index (κ1) is 13.6. The first-order valence-electron chi connectivity index (χ1n) is 5.42. The summed E-state index contributed by atoms with van der Waals surface area (Å²) in [5, 5.41) is 0. The van der Waals surface area contributed by atoms with Gasteiger partial charge in [0.05, 0.1) is 0 Å². The number of ether oxygens (including phenoxy) is 1. The number of esters is 2. The number of benzene rings is 1. The minimum absolute atomic E-state index is 0.345. The fraction of sp³-hybridized carbons (Fsp3) is 0.0667. The normalized spacial score (nSPS) is 11.3. The monoisotopic (exact) mass is 242 g/mol. The van der Waals surface area contributed by atoms with E-state index >= 15 is 0 Å². The van der Waals surface area contributed by atoms with E-state index in [9.17, 15) is 9.59 Å². The number of carbonyl (C=O) groups excluding carboxylic acids is 2. The van der Waals surface area contributed by atoms with E-state index in [4.69, 9.17) is 0 Å². The number of hydrogen-bond acceptors (Lipinski definition) is 3. The lowest BCUT2D eigenvalue weighted by Crippen LogP contribution is -2.10. The van der Waals surface area contributed by atoms with Gasteiger partial charge in [-0.2, -0.15) is 0 Å². The molecule has 0 spiro atoms. The van der Waals surface area contributed by atoms with E-state index < -0.39 is 11.9 Å². The summed E-state index contributed by atoms with van der Waals surface area (Å²) < 4.78 is 4.47. The van der Waals surface area contributed by atoms with E-state index in [-0.39, 0.29) is 0 Å². The molecule has 3 nitrogen and oxygen atoms in total. The second-order valence-electron chi connectivity index (χ2n) is 3.53. The number of allylic oxidation sites excluding steroid dienone is 2. The molecule has 0 amide bonds. The molecule has 0 aromatic heterocycles. The second-order valence-corrected chi connectivity index (χ2v) is 3.53. The SMILES string of the molecule is C=CC(=O)OC(=O)C(C)=CC=Cc1ccccc1. The highest BCUT2D eigenvalue weighted by molar-refractivity contribution is 5.99. The van der Waals surface area contributed by atoms with Crippen LogP contribution in [0.15, 0.2) is 60.7 Å². The van der Waals surface area contributed by atoms with Crippen molar-refractivity contribution in [1.29, 1.82) is 0 Å². The van der Waals surface area contributed by atoms with Crippen LogP contribution in [0, 0.1) is 0 Å². The fourth-order valence-electron chi connectivity index (χ4n) is 1.15. The van der Waals surface area contributed by atoms with Crippen molar-refractivity contribution in [3.05, 3.63) is 66.3 Å². The van der Waals surface area contributed by atoms with Crippen molar-refractivity contribution >= 4 is 18.0 Å². The van der Waals surface area contributed by atoms with E-state index in [0.29, 0.717) is 5.57 Å². The van der Waals surface area contributed by atoms with Gasteiger partial charge in [0.1, 0.15) is 0 Å². The third-order valence-corrected chi connectivity index (χ3v) is 2.12. The molecule has 0 aliphatic heterocycles. The Hall–Kier alpha value is -2.42. The van der Waals surface area contributed by atoms with Gasteiger partial charge in [-0.25, -0.2) is 9.59 Å². The van der Waals surface area contributed by atoms with Crippen LogP contribution >= 0.6 is 0 Å². The summed E-state index contributed by atoms with van der Waals surface area (Å²) in [5.74, 6) is -1.42. The quantitative estimate of drug-likeness (QED) is 0.353. The highest BCUT2D eigenvalue weighted by atomic mass is 16.6. The van der Waals surface area contributed by atoms with Crippen molar-refractivity contribution in [2.75, 3.05) is 0 Å². The van der Waals surface area contributed by atoms with E-state index in [0.717, 1.165) is 11.6 Å². The third-order valence-electron chi connectivity index (χ3n) is 2.12. The standard InChI is InChI=1S/C15H14O3/c1-3-14(16)18-15(17)12(2)8-7-11-13-9-5-4-6-10-13/h3-11H,1H2,2H3. The molecule has 1 rings (SSSR count). The van der Waals surface area contributed by atoms with Crippen LogP contribution in [0.5, 0.6) is 0 Å². The number of carbonyl (C=O) groups is 2. The maximum Gasteiger partial charge on any atom is 0.341 e. The highest BCUT2D eigenvalue weighted by Gasteiger charge is 2.08. The molecule has 0 unspecified atom stereocenters. The van der Waals surface area contributed by atoms with Crippen molar-refractivity contribution in [1.82, 2.24) is 0 Å². The van der Waals surface area contributed by atoms with Gasteiger partial charge in [-0.15, -0.1) is 0 Å². The summed E-state index contributed by atoms with van der Waals surface area (Å²) in [5.41, 5.74) is 1.37. The van der Waals surface area contributed by atoms with Crippen LogP contribution in [0.25, 0.3) is 6.08 Å². The topological polar surface area (TPSA) is 43.4 Å². The smallest absolute Gasteiger partial charge is 0.341 e. The molecule has 0 saturated carbocycles. The molecule has 18 heavy (non-hydrogen) atoms. The summed E-state index contributed by atoms with van der Waals surface area (Å²) in [4.78, 5) is 22.2.